The van der Waals surface area contributed by atoms with Gasteiger partial charge in [-0.05, 0) is 37.1 Å². The number of nitrogen functional groups attached to an aromatic ring is 1. The highest BCUT2D eigenvalue weighted by molar-refractivity contribution is 5.99. The summed E-state index contributed by atoms with van der Waals surface area (Å²) in [4.78, 5) is 9.36. The normalized spacial score (nSPS) is 16.0. The summed E-state index contributed by atoms with van der Waals surface area (Å²) < 4.78 is 13.3. The summed E-state index contributed by atoms with van der Waals surface area (Å²) in [6.45, 7) is 1.47. The maximum absolute atomic E-state index is 6.31. The highest BCUT2D eigenvalue weighted by Gasteiger charge is 2.19. The Bertz CT molecular complexity index is 1200. The van der Waals surface area contributed by atoms with Crippen LogP contribution >= 0.6 is 0 Å². The Balaban J connectivity index is 1.52. The van der Waals surface area contributed by atoms with E-state index in [9.17, 15) is 0 Å². The van der Waals surface area contributed by atoms with Crippen molar-refractivity contribution in [3.05, 3.63) is 54.6 Å². The van der Waals surface area contributed by atoms with Gasteiger partial charge in [0.05, 0.1) is 17.2 Å². The van der Waals surface area contributed by atoms with Crippen LogP contribution in [0, 0.1) is 0 Å². The summed E-state index contributed by atoms with van der Waals surface area (Å²) in [6.07, 6.45) is 2.30. The van der Waals surface area contributed by atoms with Crippen LogP contribution < -0.4 is 15.8 Å². The molecule has 8 nitrogen and oxygen atoms in total. The molecule has 0 amide bonds. The second-order valence-electron chi connectivity index (χ2n) is 7.56. The molecule has 3 N–H and O–H groups in total. The molecule has 1 atom stereocenters. The SMILES string of the molecule is Cn1nc2nc(NC[C@H]3CCCO3)nc(-c3cccc(Oc4ccccc4)c3)c2c1N. The molecule has 3 heterocycles. The summed E-state index contributed by atoms with van der Waals surface area (Å²) in [6, 6.07) is 17.5. The van der Waals surface area contributed by atoms with E-state index in [-0.39, 0.29) is 6.10 Å². The first-order chi connectivity index (χ1) is 15.2. The number of fused-ring (bicyclic) bond motifs is 1. The molecule has 2 aromatic heterocycles. The van der Waals surface area contributed by atoms with Crippen molar-refractivity contribution in [1.29, 1.82) is 0 Å². The predicted octanol–water partition coefficient (Wildman–Crippen LogP) is 4.00. The summed E-state index contributed by atoms with van der Waals surface area (Å²) in [5.74, 6) is 2.51. The van der Waals surface area contributed by atoms with Gasteiger partial charge in [-0.25, -0.2) is 4.98 Å². The minimum absolute atomic E-state index is 0.180. The summed E-state index contributed by atoms with van der Waals surface area (Å²) in [5, 5.41) is 8.50. The molecule has 0 saturated carbocycles. The Morgan fingerprint density at radius 2 is 1.97 bits per heavy atom. The van der Waals surface area contributed by atoms with Gasteiger partial charge in [0.2, 0.25) is 5.95 Å². The van der Waals surface area contributed by atoms with Crippen LogP contribution in [0.15, 0.2) is 54.6 Å². The van der Waals surface area contributed by atoms with E-state index in [1.165, 1.54) is 0 Å². The zero-order chi connectivity index (χ0) is 21.2. The Hall–Kier alpha value is -3.65. The zero-order valence-corrected chi connectivity index (χ0v) is 17.3. The van der Waals surface area contributed by atoms with Gasteiger partial charge < -0.3 is 20.5 Å². The highest BCUT2D eigenvalue weighted by Crippen LogP contribution is 2.33. The van der Waals surface area contributed by atoms with Crippen molar-refractivity contribution < 1.29 is 9.47 Å². The molecule has 158 valence electrons. The van der Waals surface area contributed by atoms with E-state index in [0.717, 1.165) is 36.1 Å². The fourth-order valence-electron chi connectivity index (χ4n) is 3.74. The molecule has 2 aromatic carbocycles. The quantitative estimate of drug-likeness (QED) is 0.490. The zero-order valence-electron chi connectivity index (χ0n) is 17.3. The fraction of sp³-hybridized carbons (Fsp3) is 0.261. The summed E-state index contributed by atoms with van der Waals surface area (Å²) in [5.41, 5.74) is 8.45. The number of para-hydroxylation sites is 1. The van der Waals surface area contributed by atoms with Gasteiger partial charge in [-0.1, -0.05) is 30.3 Å². The molecule has 8 heteroatoms. The van der Waals surface area contributed by atoms with Crippen LogP contribution in [0.25, 0.3) is 22.3 Å². The van der Waals surface area contributed by atoms with Gasteiger partial charge in [0.15, 0.2) is 5.65 Å². The number of rotatable bonds is 6. The third-order valence-corrected chi connectivity index (χ3v) is 5.34. The topological polar surface area (TPSA) is 100 Å². The minimum Gasteiger partial charge on any atom is -0.457 e. The minimum atomic E-state index is 0.180. The largest absolute Gasteiger partial charge is 0.457 e. The predicted molar refractivity (Wildman–Crippen MR) is 120 cm³/mol. The number of aryl methyl sites for hydroxylation is 1. The van der Waals surface area contributed by atoms with Crippen molar-refractivity contribution in [2.45, 2.75) is 18.9 Å². The standard InChI is InChI=1S/C23H24N6O2/c1-29-21(24)19-20(15-7-5-10-17(13-15)31-16-8-3-2-4-9-16)26-23(27-22(19)28-29)25-14-18-11-6-12-30-18/h2-5,7-10,13,18H,6,11-12,14,24H2,1H3,(H,25,27,28)/t18-/m1/s1. The molecule has 0 spiro atoms. The number of nitrogens with zero attached hydrogens (tertiary/aromatic N) is 4. The first-order valence-electron chi connectivity index (χ1n) is 10.4. The van der Waals surface area contributed by atoms with E-state index in [2.05, 4.69) is 15.4 Å². The van der Waals surface area contributed by atoms with Gasteiger partial charge in [0, 0.05) is 25.8 Å². The van der Waals surface area contributed by atoms with Gasteiger partial charge in [-0.15, -0.1) is 0 Å². The second-order valence-corrected chi connectivity index (χ2v) is 7.56. The molecule has 1 saturated heterocycles. The van der Waals surface area contributed by atoms with Crippen molar-refractivity contribution in [1.82, 2.24) is 19.7 Å². The molecule has 0 aliphatic carbocycles. The first kappa shape index (κ1) is 19.3. The van der Waals surface area contributed by atoms with Crippen molar-refractivity contribution in [3.63, 3.8) is 0 Å². The number of ether oxygens (including phenoxy) is 2. The average molecular weight is 416 g/mol. The van der Waals surface area contributed by atoms with Crippen molar-refractivity contribution in [3.8, 4) is 22.8 Å². The second kappa shape index (κ2) is 8.23. The lowest BCUT2D eigenvalue weighted by atomic mass is 10.1. The van der Waals surface area contributed by atoms with Crippen LogP contribution in [0.3, 0.4) is 0 Å². The molecule has 4 aromatic rings. The van der Waals surface area contributed by atoms with Gasteiger partial charge in [-0.3, -0.25) is 4.68 Å². The van der Waals surface area contributed by atoms with Crippen LogP contribution in [0.1, 0.15) is 12.8 Å². The Morgan fingerprint density at radius 3 is 2.77 bits per heavy atom. The van der Waals surface area contributed by atoms with Gasteiger partial charge in [-0.2, -0.15) is 10.1 Å². The number of aromatic nitrogens is 4. The Kier molecular flexibility index (Phi) is 5.13. The van der Waals surface area contributed by atoms with Gasteiger partial charge in [0.1, 0.15) is 17.3 Å². The smallest absolute Gasteiger partial charge is 0.225 e. The van der Waals surface area contributed by atoms with Crippen molar-refractivity contribution in [2.75, 3.05) is 24.2 Å². The summed E-state index contributed by atoms with van der Waals surface area (Å²) >= 11 is 0. The third kappa shape index (κ3) is 4.02. The third-order valence-electron chi connectivity index (χ3n) is 5.34. The molecule has 31 heavy (non-hydrogen) atoms. The van der Waals surface area contributed by atoms with Crippen LogP contribution in [0.5, 0.6) is 11.5 Å². The van der Waals surface area contributed by atoms with E-state index in [4.69, 9.17) is 20.2 Å². The number of hydrogen-bond donors (Lipinski definition) is 2. The molecule has 0 radical (unpaired) electrons. The van der Waals surface area contributed by atoms with Crippen LogP contribution in [-0.2, 0) is 11.8 Å². The number of nitrogens with two attached hydrogens (primary N) is 1. The van der Waals surface area contributed by atoms with Gasteiger partial charge in [0.25, 0.3) is 0 Å². The Labute approximate surface area is 180 Å². The lowest BCUT2D eigenvalue weighted by molar-refractivity contribution is 0.120. The number of hydrogen-bond acceptors (Lipinski definition) is 7. The van der Waals surface area contributed by atoms with Crippen molar-refractivity contribution >= 4 is 22.8 Å². The van der Waals surface area contributed by atoms with E-state index in [1.807, 2.05) is 54.6 Å². The van der Waals surface area contributed by atoms with Crippen molar-refractivity contribution in [2.24, 2.45) is 7.05 Å². The molecular weight excluding hydrogens is 392 g/mol. The van der Waals surface area contributed by atoms with E-state index < -0.39 is 0 Å². The van der Waals surface area contributed by atoms with E-state index in [1.54, 1.807) is 11.7 Å². The maximum Gasteiger partial charge on any atom is 0.225 e. The maximum atomic E-state index is 6.31. The molecule has 1 aliphatic heterocycles. The molecule has 1 aliphatic rings. The molecule has 1 fully saturated rings. The lowest BCUT2D eigenvalue weighted by Gasteiger charge is -2.12. The van der Waals surface area contributed by atoms with E-state index in [0.29, 0.717) is 35.4 Å². The number of nitrogens with one attached hydrogen (secondary N) is 1. The first-order valence-corrected chi connectivity index (χ1v) is 10.4. The average Bonchev–Trinajstić information content (AvgIpc) is 3.41. The van der Waals surface area contributed by atoms with Gasteiger partial charge >= 0.3 is 0 Å². The molecule has 5 rings (SSSR count). The molecule has 0 unspecified atom stereocenters. The van der Waals surface area contributed by atoms with Crippen LogP contribution in [-0.4, -0.2) is 39.0 Å². The summed E-state index contributed by atoms with van der Waals surface area (Å²) in [7, 11) is 1.80. The number of anilines is 2. The number of benzene rings is 2. The van der Waals surface area contributed by atoms with Crippen LogP contribution in [0.4, 0.5) is 11.8 Å². The lowest BCUT2D eigenvalue weighted by Crippen LogP contribution is -2.19. The van der Waals surface area contributed by atoms with E-state index >= 15 is 0 Å². The van der Waals surface area contributed by atoms with Crippen LogP contribution in [0.2, 0.25) is 0 Å². The molecular formula is C23H24N6O2. The Morgan fingerprint density at radius 1 is 1.13 bits per heavy atom. The highest BCUT2D eigenvalue weighted by atomic mass is 16.5. The monoisotopic (exact) mass is 416 g/mol. The molecule has 0 bridgehead atoms. The fourth-order valence-corrected chi connectivity index (χ4v) is 3.74.